The Morgan fingerprint density at radius 3 is 2.80 bits per heavy atom. The molecule has 1 aromatic carbocycles. The molecule has 6 heteroatoms. The van der Waals surface area contributed by atoms with Gasteiger partial charge in [0.05, 0.1) is 14.2 Å². The molecule has 140 valence electrons. The van der Waals surface area contributed by atoms with Crippen molar-refractivity contribution >= 4 is 18.3 Å². The third kappa shape index (κ3) is 5.94. The van der Waals surface area contributed by atoms with Crippen molar-refractivity contribution in [3.05, 3.63) is 35.9 Å². The van der Waals surface area contributed by atoms with Gasteiger partial charge in [0.1, 0.15) is 0 Å². The maximum Gasteiger partial charge on any atom is 0.251 e. The van der Waals surface area contributed by atoms with Gasteiger partial charge in [0.15, 0.2) is 11.5 Å². The van der Waals surface area contributed by atoms with Gasteiger partial charge in [-0.3, -0.25) is 4.79 Å². The Bertz CT molecular complexity index is 572. The molecule has 1 amide bonds. The molecule has 0 saturated carbocycles. The molecule has 2 N–H and O–H groups in total. The largest absolute Gasteiger partial charge is 0.493 e. The minimum Gasteiger partial charge on any atom is -0.493 e. The minimum absolute atomic E-state index is 0. The number of methoxy groups -OCH3 is 2. The van der Waals surface area contributed by atoms with Crippen LogP contribution >= 0.6 is 12.4 Å². The van der Waals surface area contributed by atoms with Gasteiger partial charge in [-0.15, -0.1) is 19.0 Å². The number of nitrogens with one attached hydrogen (secondary N) is 2. The maximum atomic E-state index is 12.5. The van der Waals surface area contributed by atoms with Crippen LogP contribution in [0.5, 0.6) is 11.5 Å². The van der Waals surface area contributed by atoms with Crippen molar-refractivity contribution in [3.63, 3.8) is 0 Å². The summed E-state index contributed by atoms with van der Waals surface area (Å²) >= 11 is 0. The molecule has 1 fully saturated rings. The van der Waals surface area contributed by atoms with Crippen LogP contribution in [0.2, 0.25) is 0 Å². The molecule has 25 heavy (non-hydrogen) atoms. The van der Waals surface area contributed by atoms with Crippen molar-refractivity contribution in [2.45, 2.75) is 25.7 Å². The van der Waals surface area contributed by atoms with Crippen LogP contribution in [0.15, 0.2) is 24.8 Å². The summed E-state index contributed by atoms with van der Waals surface area (Å²) in [5, 5.41) is 6.42. The number of amides is 1. The molecule has 0 bridgehead atoms. The highest BCUT2D eigenvalue weighted by Crippen LogP contribution is 2.33. The summed E-state index contributed by atoms with van der Waals surface area (Å²) < 4.78 is 10.8. The molecular formula is C19H29ClN2O3. The summed E-state index contributed by atoms with van der Waals surface area (Å²) in [6.45, 7) is 6.61. The molecule has 0 radical (unpaired) electrons. The number of piperidine rings is 1. The summed E-state index contributed by atoms with van der Waals surface area (Å²) in [6.07, 6.45) is 5.87. The van der Waals surface area contributed by atoms with Crippen LogP contribution in [0.1, 0.15) is 35.2 Å². The average Bonchev–Trinajstić information content (AvgIpc) is 2.62. The fraction of sp³-hybridized carbons (Fsp3) is 0.526. The Labute approximate surface area is 156 Å². The van der Waals surface area contributed by atoms with Gasteiger partial charge in [0, 0.05) is 17.7 Å². The van der Waals surface area contributed by atoms with Crippen molar-refractivity contribution in [1.82, 2.24) is 10.6 Å². The maximum absolute atomic E-state index is 12.5. The van der Waals surface area contributed by atoms with Gasteiger partial charge in [-0.25, -0.2) is 0 Å². The normalized spacial score (nSPS) is 16.5. The number of allylic oxidation sites excluding steroid dienone is 1. The van der Waals surface area contributed by atoms with Gasteiger partial charge in [-0.1, -0.05) is 6.08 Å². The second-order valence-electron chi connectivity index (χ2n) is 6.12. The Morgan fingerprint density at radius 2 is 2.20 bits per heavy atom. The summed E-state index contributed by atoms with van der Waals surface area (Å²) in [5.41, 5.74) is 1.49. The summed E-state index contributed by atoms with van der Waals surface area (Å²) in [4.78, 5) is 12.5. The zero-order valence-electron chi connectivity index (χ0n) is 15.1. The molecule has 2 rings (SSSR count). The lowest BCUT2D eigenvalue weighted by Gasteiger charge is -2.22. The minimum atomic E-state index is -0.0787. The molecule has 1 aliphatic heterocycles. The van der Waals surface area contributed by atoms with Gasteiger partial charge in [-0.2, -0.15) is 0 Å². The number of carbonyl (C=O) groups excluding carboxylic acids is 1. The van der Waals surface area contributed by atoms with Crippen LogP contribution in [0.4, 0.5) is 0 Å². The van der Waals surface area contributed by atoms with Crippen LogP contribution in [-0.4, -0.2) is 39.8 Å². The van der Waals surface area contributed by atoms with E-state index in [4.69, 9.17) is 9.47 Å². The lowest BCUT2D eigenvalue weighted by molar-refractivity contribution is 0.0950. The van der Waals surface area contributed by atoms with Crippen LogP contribution < -0.4 is 20.1 Å². The molecule has 1 atom stereocenters. The van der Waals surface area contributed by atoms with Crippen LogP contribution in [-0.2, 0) is 6.42 Å². The summed E-state index contributed by atoms with van der Waals surface area (Å²) in [6, 6.07) is 3.57. The van der Waals surface area contributed by atoms with E-state index < -0.39 is 0 Å². The van der Waals surface area contributed by atoms with Crippen LogP contribution in [0.25, 0.3) is 0 Å². The highest BCUT2D eigenvalue weighted by Gasteiger charge is 2.17. The van der Waals surface area contributed by atoms with Gasteiger partial charge in [0.25, 0.3) is 5.91 Å². The number of hydrogen-bond donors (Lipinski definition) is 2. The molecule has 1 saturated heterocycles. The smallest absolute Gasteiger partial charge is 0.251 e. The predicted molar refractivity (Wildman–Crippen MR) is 103 cm³/mol. The molecule has 1 aromatic rings. The molecule has 0 aromatic heterocycles. The lowest BCUT2D eigenvalue weighted by atomic mass is 9.96. The topological polar surface area (TPSA) is 59.6 Å². The SMILES string of the molecule is C=CCc1cc(C(=O)NCCC2CCCNC2)cc(OC)c1OC.Cl. The molecule has 1 aliphatic rings. The van der Waals surface area contributed by atoms with E-state index in [-0.39, 0.29) is 18.3 Å². The van der Waals surface area contributed by atoms with E-state index in [1.807, 2.05) is 6.07 Å². The van der Waals surface area contributed by atoms with Crippen molar-refractivity contribution in [2.24, 2.45) is 5.92 Å². The van der Waals surface area contributed by atoms with E-state index in [2.05, 4.69) is 17.2 Å². The first-order chi connectivity index (χ1) is 11.7. The van der Waals surface area contributed by atoms with Gasteiger partial charge < -0.3 is 20.1 Å². The molecule has 0 spiro atoms. The van der Waals surface area contributed by atoms with E-state index in [0.717, 1.165) is 25.1 Å². The predicted octanol–water partition coefficient (Wildman–Crippen LogP) is 2.97. The third-order valence-corrected chi connectivity index (χ3v) is 4.42. The molecular weight excluding hydrogens is 340 g/mol. The number of rotatable bonds is 8. The Balaban J connectivity index is 0.00000312. The van der Waals surface area contributed by atoms with Crippen molar-refractivity contribution in [2.75, 3.05) is 33.9 Å². The Hall–Kier alpha value is -1.72. The van der Waals surface area contributed by atoms with E-state index in [0.29, 0.717) is 35.9 Å². The number of hydrogen-bond acceptors (Lipinski definition) is 4. The molecule has 0 aliphatic carbocycles. The highest BCUT2D eigenvalue weighted by molar-refractivity contribution is 5.95. The first kappa shape index (κ1) is 21.3. The number of carbonyl (C=O) groups is 1. The zero-order chi connectivity index (χ0) is 17.4. The first-order valence-electron chi connectivity index (χ1n) is 8.54. The number of halogens is 1. The second-order valence-corrected chi connectivity index (χ2v) is 6.12. The Kier molecular flexibility index (Phi) is 9.39. The van der Waals surface area contributed by atoms with Gasteiger partial charge >= 0.3 is 0 Å². The standard InChI is InChI=1S/C19H28N2O3.ClH/c1-4-6-15-11-16(12-17(23-2)18(15)24-3)19(22)21-10-8-14-7-5-9-20-13-14;/h4,11-12,14,20H,1,5-10,13H2,2-3H3,(H,21,22);1H. The lowest BCUT2D eigenvalue weighted by Crippen LogP contribution is -2.33. The second kappa shape index (κ2) is 11.0. The summed E-state index contributed by atoms with van der Waals surface area (Å²) in [5.74, 6) is 1.80. The average molecular weight is 369 g/mol. The van der Waals surface area contributed by atoms with E-state index in [9.17, 15) is 4.79 Å². The third-order valence-electron chi connectivity index (χ3n) is 4.42. The van der Waals surface area contributed by atoms with Gasteiger partial charge in [-0.05, 0) is 56.8 Å². The first-order valence-corrected chi connectivity index (χ1v) is 8.54. The quantitative estimate of drug-likeness (QED) is 0.692. The molecule has 5 nitrogen and oxygen atoms in total. The number of ether oxygens (including phenoxy) is 2. The van der Waals surface area contributed by atoms with E-state index in [1.54, 1.807) is 26.4 Å². The fourth-order valence-corrected chi connectivity index (χ4v) is 3.14. The summed E-state index contributed by atoms with van der Waals surface area (Å²) in [7, 11) is 3.18. The fourth-order valence-electron chi connectivity index (χ4n) is 3.14. The molecule has 1 unspecified atom stereocenters. The van der Waals surface area contributed by atoms with E-state index >= 15 is 0 Å². The van der Waals surface area contributed by atoms with Crippen LogP contribution in [0.3, 0.4) is 0 Å². The highest BCUT2D eigenvalue weighted by atomic mass is 35.5. The zero-order valence-corrected chi connectivity index (χ0v) is 15.9. The molecule has 1 heterocycles. The van der Waals surface area contributed by atoms with Crippen molar-refractivity contribution in [3.8, 4) is 11.5 Å². The van der Waals surface area contributed by atoms with Crippen molar-refractivity contribution < 1.29 is 14.3 Å². The van der Waals surface area contributed by atoms with E-state index in [1.165, 1.54) is 12.8 Å². The number of benzene rings is 1. The monoisotopic (exact) mass is 368 g/mol. The van der Waals surface area contributed by atoms with Crippen LogP contribution in [0, 0.1) is 5.92 Å². The van der Waals surface area contributed by atoms with Crippen molar-refractivity contribution in [1.29, 1.82) is 0 Å². The Morgan fingerprint density at radius 1 is 1.40 bits per heavy atom. The van der Waals surface area contributed by atoms with Gasteiger partial charge in [0.2, 0.25) is 0 Å².